The van der Waals surface area contributed by atoms with E-state index in [0.29, 0.717) is 35.2 Å². The summed E-state index contributed by atoms with van der Waals surface area (Å²) in [6.07, 6.45) is 1.45. The Kier molecular flexibility index (Phi) is 6.34. The second-order valence-corrected chi connectivity index (χ2v) is 7.15. The quantitative estimate of drug-likeness (QED) is 0.584. The van der Waals surface area contributed by atoms with Crippen molar-refractivity contribution in [3.63, 3.8) is 0 Å². The van der Waals surface area contributed by atoms with Crippen molar-refractivity contribution in [3.05, 3.63) is 77.7 Å². The van der Waals surface area contributed by atoms with Gasteiger partial charge >= 0.3 is 0 Å². The first kappa shape index (κ1) is 20.2. The predicted octanol–water partition coefficient (Wildman–Crippen LogP) is 5.13. The minimum absolute atomic E-state index is 0.230. The van der Waals surface area contributed by atoms with Crippen molar-refractivity contribution in [1.82, 2.24) is 0 Å². The zero-order valence-electron chi connectivity index (χ0n) is 16.7. The van der Waals surface area contributed by atoms with Gasteiger partial charge < -0.3 is 19.8 Å². The highest BCUT2D eigenvalue weighted by atomic mass is 16.5. The Hall–Kier alpha value is -3.54. The first-order valence-electron chi connectivity index (χ1n) is 9.42. The van der Waals surface area contributed by atoms with Crippen LogP contribution in [-0.2, 0) is 0 Å². The summed E-state index contributed by atoms with van der Waals surface area (Å²) >= 11 is 0. The monoisotopic (exact) mass is 392 g/mol. The van der Waals surface area contributed by atoms with E-state index in [0.717, 1.165) is 5.56 Å². The second-order valence-electron chi connectivity index (χ2n) is 7.15. The molecule has 0 atom stereocenters. The summed E-state index contributed by atoms with van der Waals surface area (Å²) < 4.78 is 10.8. The number of hydrogen-bond acceptors (Lipinski definition) is 4. The van der Waals surface area contributed by atoms with Gasteiger partial charge in [0.25, 0.3) is 11.8 Å². The molecule has 6 heteroatoms. The highest BCUT2D eigenvalue weighted by Crippen LogP contribution is 2.22. The normalized spacial score (nSPS) is 10.6. The van der Waals surface area contributed by atoms with Crippen molar-refractivity contribution in [2.45, 2.75) is 20.8 Å². The predicted molar refractivity (Wildman–Crippen MR) is 113 cm³/mol. The summed E-state index contributed by atoms with van der Waals surface area (Å²) in [5, 5.41) is 5.67. The third-order valence-corrected chi connectivity index (χ3v) is 4.16. The van der Waals surface area contributed by atoms with Crippen LogP contribution >= 0.6 is 0 Å². The van der Waals surface area contributed by atoms with Crippen molar-refractivity contribution in [2.75, 3.05) is 17.2 Å². The van der Waals surface area contributed by atoms with E-state index in [-0.39, 0.29) is 17.6 Å². The van der Waals surface area contributed by atoms with Gasteiger partial charge in [-0.15, -0.1) is 0 Å². The molecule has 0 aliphatic heterocycles. The molecule has 3 aromatic rings. The zero-order chi connectivity index (χ0) is 20.8. The standard InChI is InChI=1S/C23H24N2O4/c1-15(2)14-29-19-7-4-6-17(13-19)22(26)24-18-9-10-20(16(3)12-18)25-23(27)21-8-5-11-28-21/h4-13,15H,14H2,1-3H3,(H,24,26)(H,25,27). The molecule has 150 valence electrons. The number of nitrogens with one attached hydrogen (secondary N) is 2. The summed E-state index contributed by atoms with van der Waals surface area (Å²) in [7, 11) is 0. The van der Waals surface area contributed by atoms with E-state index in [1.54, 1.807) is 48.5 Å². The van der Waals surface area contributed by atoms with Gasteiger partial charge in [0.05, 0.1) is 12.9 Å². The van der Waals surface area contributed by atoms with Crippen molar-refractivity contribution in [1.29, 1.82) is 0 Å². The number of rotatable bonds is 7. The van der Waals surface area contributed by atoms with Crippen LogP contribution in [0.5, 0.6) is 5.75 Å². The SMILES string of the molecule is Cc1cc(NC(=O)c2cccc(OCC(C)C)c2)ccc1NC(=O)c1ccco1. The summed E-state index contributed by atoms with van der Waals surface area (Å²) in [6.45, 7) is 6.59. The maximum atomic E-state index is 12.6. The number of carbonyl (C=O) groups is 2. The first-order valence-corrected chi connectivity index (χ1v) is 9.42. The van der Waals surface area contributed by atoms with Gasteiger partial charge in [0, 0.05) is 16.9 Å². The lowest BCUT2D eigenvalue weighted by molar-refractivity contribution is 0.0994. The van der Waals surface area contributed by atoms with Gasteiger partial charge in [-0.25, -0.2) is 0 Å². The lowest BCUT2D eigenvalue weighted by Crippen LogP contribution is -2.14. The first-order chi connectivity index (χ1) is 13.9. The summed E-state index contributed by atoms with van der Waals surface area (Å²) in [6, 6.07) is 15.6. The number of ether oxygens (including phenoxy) is 1. The number of anilines is 2. The molecule has 0 unspecified atom stereocenters. The molecule has 1 heterocycles. The van der Waals surface area contributed by atoms with E-state index >= 15 is 0 Å². The maximum Gasteiger partial charge on any atom is 0.291 e. The Morgan fingerprint density at radius 3 is 2.52 bits per heavy atom. The highest BCUT2D eigenvalue weighted by molar-refractivity contribution is 6.05. The average Bonchev–Trinajstić information content (AvgIpc) is 3.23. The molecule has 2 amide bonds. The molecule has 0 saturated carbocycles. The molecular weight excluding hydrogens is 368 g/mol. The smallest absolute Gasteiger partial charge is 0.291 e. The molecule has 2 N–H and O–H groups in total. The van der Waals surface area contributed by atoms with E-state index in [4.69, 9.17) is 9.15 Å². The van der Waals surface area contributed by atoms with Crippen molar-refractivity contribution in [3.8, 4) is 5.75 Å². The zero-order valence-corrected chi connectivity index (χ0v) is 16.7. The fraction of sp³-hybridized carbons (Fsp3) is 0.217. The Bertz CT molecular complexity index is 994. The molecule has 0 aliphatic rings. The number of benzene rings is 2. The number of hydrogen-bond donors (Lipinski definition) is 2. The molecular formula is C23H24N2O4. The van der Waals surface area contributed by atoms with Crippen LogP contribution in [0.3, 0.4) is 0 Å². The molecule has 0 saturated heterocycles. The topological polar surface area (TPSA) is 80.6 Å². The Labute approximate surface area is 169 Å². The van der Waals surface area contributed by atoms with Crippen molar-refractivity contribution < 1.29 is 18.7 Å². The largest absolute Gasteiger partial charge is 0.493 e. The van der Waals surface area contributed by atoms with Crippen LogP contribution in [0.15, 0.2) is 65.3 Å². The molecule has 3 rings (SSSR count). The van der Waals surface area contributed by atoms with Crippen LogP contribution in [0.2, 0.25) is 0 Å². The van der Waals surface area contributed by atoms with Crippen molar-refractivity contribution in [2.24, 2.45) is 5.92 Å². The Balaban J connectivity index is 1.66. The average molecular weight is 392 g/mol. The molecule has 29 heavy (non-hydrogen) atoms. The molecule has 0 fully saturated rings. The molecule has 0 aliphatic carbocycles. The lowest BCUT2D eigenvalue weighted by atomic mass is 10.1. The fourth-order valence-electron chi connectivity index (χ4n) is 2.67. The van der Waals surface area contributed by atoms with E-state index in [1.165, 1.54) is 6.26 Å². The highest BCUT2D eigenvalue weighted by Gasteiger charge is 2.12. The Morgan fingerprint density at radius 1 is 1.00 bits per heavy atom. The van der Waals surface area contributed by atoms with E-state index in [1.807, 2.05) is 13.0 Å². The summed E-state index contributed by atoms with van der Waals surface area (Å²) in [4.78, 5) is 24.7. The third kappa shape index (κ3) is 5.48. The van der Waals surface area contributed by atoms with Crippen LogP contribution in [-0.4, -0.2) is 18.4 Å². The van der Waals surface area contributed by atoms with Crippen LogP contribution < -0.4 is 15.4 Å². The number of aryl methyl sites for hydroxylation is 1. The third-order valence-electron chi connectivity index (χ3n) is 4.16. The van der Waals surface area contributed by atoms with Gasteiger partial charge in [-0.1, -0.05) is 19.9 Å². The second kappa shape index (κ2) is 9.10. The molecule has 2 aromatic carbocycles. The maximum absolute atomic E-state index is 12.6. The van der Waals surface area contributed by atoms with Gasteiger partial charge in [0.15, 0.2) is 5.76 Å². The lowest BCUT2D eigenvalue weighted by Gasteiger charge is -2.12. The van der Waals surface area contributed by atoms with Gasteiger partial charge in [0.1, 0.15) is 5.75 Å². The van der Waals surface area contributed by atoms with Gasteiger partial charge in [-0.2, -0.15) is 0 Å². The van der Waals surface area contributed by atoms with Gasteiger partial charge in [0.2, 0.25) is 0 Å². The van der Waals surface area contributed by atoms with Gasteiger partial charge in [-0.3, -0.25) is 9.59 Å². The molecule has 0 bridgehead atoms. The molecule has 6 nitrogen and oxygen atoms in total. The van der Waals surface area contributed by atoms with Crippen molar-refractivity contribution >= 4 is 23.2 Å². The number of amides is 2. The van der Waals surface area contributed by atoms with E-state index in [9.17, 15) is 9.59 Å². The molecule has 1 aromatic heterocycles. The van der Waals surface area contributed by atoms with Crippen LogP contribution in [0, 0.1) is 12.8 Å². The fourth-order valence-corrected chi connectivity index (χ4v) is 2.67. The number of carbonyl (C=O) groups excluding carboxylic acids is 2. The molecule has 0 spiro atoms. The van der Waals surface area contributed by atoms with Gasteiger partial charge in [-0.05, 0) is 66.9 Å². The summed E-state index contributed by atoms with van der Waals surface area (Å²) in [5.41, 5.74) is 2.61. The summed E-state index contributed by atoms with van der Waals surface area (Å²) in [5.74, 6) is 0.752. The van der Waals surface area contributed by atoms with Crippen LogP contribution in [0.1, 0.15) is 40.3 Å². The Morgan fingerprint density at radius 2 is 1.83 bits per heavy atom. The van der Waals surface area contributed by atoms with Crippen LogP contribution in [0.4, 0.5) is 11.4 Å². The van der Waals surface area contributed by atoms with Crippen LogP contribution in [0.25, 0.3) is 0 Å². The van der Waals surface area contributed by atoms with E-state index < -0.39 is 0 Å². The minimum atomic E-state index is -0.326. The van der Waals surface area contributed by atoms with E-state index in [2.05, 4.69) is 24.5 Å². The number of furan rings is 1. The minimum Gasteiger partial charge on any atom is -0.493 e. The molecule has 0 radical (unpaired) electrons.